The Morgan fingerprint density at radius 2 is 1.47 bits per heavy atom. The Morgan fingerprint density at radius 1 is 0.853 bits per heavy atom. The van der Waals surface area contributed by atoms with Gasteiger partial charge in [0.25, 0.3) is 0 Å². The lowest BCUT2D eigenvalue weighted by atomic mass is 10.1. The maximum absolute atomic E-state index is 12.1. The van der Waals surface area contributed by atoms with Gasteiger partial charge in [-0.15, -0.1) is 0 Å². The molecule has 3 N–H and O–H groups in total. The van der Waals surface area contributed by atoms with Crippen LogP contribution >= 0.6 is 0 Å². The van der Waals surface area contributed by atoms with Gasteiger partial charge >= 0.3 is 0 Å². The number of hydrogen-bond acceptors (Lipinski definition) is 3. The third-order valence-electron chi connectivity index (χ3n) is 5.94. The predicted molar refractivity (Wildman–Crippen MR) is 141 cm³/mol. The molecule has 5 nitrogen and oxygen atoms in total. The molecule has 1 rings (SSSR count). The molecule has 0 saturated carbocycles. The standard InChI is InChI=1S/C29H46N2O3/c1-3-5-6-7-8-9-10-11-12-13-14-15-16-17-18-19-29(34)30-23-25-20-21-27(32)26(22-25)24-31-28(33)4-2/h4,11-12,20-22,32H,2-3,5-10,13-19,23-24H2,1H3,(H,30,34)(H,31,33)/b12-11-. The summed E-state index contributed by atoms with van der Waals surface area (Å²) in [6, 6.07) is 5.15. The van der Waals surface area contributed by atoms with Crippen LogP contribution in [0.5, 0.6) is 5.75 Å². The van der Waals surface area contributed by atoms with Gasteiger partial charge in [-0.3, -0.25) is 9.59 Å². The molecule has 0 saturated heterocycles. The molecule has 2 amide bonds. The fraction of sp³-hybridized carbons (Fsp3) is 0.586. The number of rotatable bonds is 20. The molecule has 1 aromatic carbocycles. The van der Waals surface area contributed by atoms with E-state index in [2.05, 4.69) is 36.3 Å². The van der Waals surface area contributed by atoms with Crippen LogP contribution in [0.1, 0.15) is 108 Å². The molecule has 1 aromatic rings. The second-order valence-corrected chi connectivity index (χ2v) is 9.00. The van der Waals surface area contributed by atoms with E-state index in [0.717, 1.165) is 18.4 Å². The normalized spacial score (nSPS) is 11.0. The van der Waals surface area contributed by atoms with Gasteiger partial charge in [-0.1, -0.05) is 83.1 Å². The monoisotopic (exact) mass is 470 g/mol. The fourth-order valence-corrected chi connectivity index (χ4v) is 3.79. The number of nitrogens with one attached hydrogen (secondary N) is 2. The number of carbonyl (C=O) groups is 2. The highest BCUT2D eigenvalue weighted by molar-refractivity contribution is 5.86. The predicted octanol–water partition coefficient (Wildman–Crippen LogP) is 6.85. The number of phenolic OH excluding ortho intramolecular Hbond substituents is 1. The minimum absolute atomic E-state index is 0.0483. The quantitative estimate of drug-likeness (QED) is 0.111. The Bertz CT molecular complexity index is 743. The highest BCUT2D eigenvalue weighted by Crippen LogP contribution is 2.18. The molecular formula is C29H46N2O3. The molecule has 0 aliphatic heterocycles. The minimum Gasteiger partial charge on any atom is -0.508 e. The molecule has 0 unspecified atom stereocenters. The Kier molecular flexibility index (Phi) is 17.2. The zero-order valence-electron chi connectivity index (χ0n) is 21.2. The van der Waals surface area contributed by atoms with E-state index in [0.29, 0.717) is 18.5 Å². The third-order valence-corrected chi connectivity index (χ3v) is 5.94. The lowest BCUT2D eigenvalue weighted by Gasteiger charge is -2.10. The molecule has 0 fully saturated rings. The summed E-state index contributed by atoms with van der Waals surface area (Å²) in [7, 11) is 0. The number of amides is 2. The maximum Gasteiger partial charge on any atom is 0.243 e. The molecule has 0 aromatic heterocycles. The summed E-state index contributed by atoms with van der Waals surface area (Å²) in [5.74, 6) is -0.127. The van der Waals surface area contributed by atoms with E-state index in [1.165, 1.54) is 76.7 Å². The van der Waals surface area contributed by atoms with E-state index in [1.807, 2.05) is 0 Å². The smallest absolute Gasteiger partial charge is 0.243 e. The van der Waals surface area contributed by atoms with Crippen molar-refractivity contribution in [2.24, 2.45) is 0 Å². The van der Waals surface area contributed by atoms with Crippen molar-refractivity contribution in [3.63, 3.8) is 0 Å². The number of benzene rings is 1. The largest absolute Gasteiger partial charge is 0.508 e. The van der Waals surface area contributed by atoms with Crippen molar-refractivity contribution in [1.82, 2.24) is 10.6 Å². The molecule has 0 radical (unpaired) electrons. The Hall–Kier alpha value is -2.56. The summed E-state index contributed by atoms with van der Waals surface area (Å²) in [5, 5.41) is 15.5. The summed E-state index contributed by atoms with van der Waals surface area (Å²) in [4.78, 5) is 23.4. The molecule has 5 heteroatoms. The van der Waals surface area contributed by atoms with Crippen molar-refractivity contribution in [3.8, 4) is 5.75 Å². The highest BCUT2D eigenvalue weighted by atomic mass is 16.3. The third kappa shape index (κ3) is 15.3. The van der Waals surface area contributed by atoms with Crippen molar-refractivity contribution in [3.05, 3.63) is 54.1 Å². The van der Waals surface area contributed by atoms with Gasteiger partial charge in [0.05, 0.1) is 0 Å². The molecule has 34 heavy (non-hydrogen) atoms. The van der Waals surface area contributed by atoms with Gasteiger partial charge in [0.2, 0.25) is 11.8 Å². The minimum atomic E-state index is -0.293. The van der Waals surface area contributed by atoms with Crippen molar-refractivity contribution in [1.29, 1.82) is 0 Å². The zero-order chi connectivity index (χ0) is 24.9. The van der Waals surface area contributed by atoms with Crippen LogP contribution in [0, 0.1) is 0 Å². The lowest BCUT2D eigenvalue weighted by Crippen LogP contribution is -2.23. The van der Waals surface area contributed by atoms with Crippen molar-refractivity contribution < 1.29 is 14.7 Å². The Balaban J connectivity index is 2.04. The summed E-state index contributed by atoms with van der Waals surface area (Å²) in [6.07, 6.45) is 22.6. The molecule has 0 heterocycles. The van der Waals surface area contributed by atoms with Crippen LogP contribution in [0.15, 0.2) is 43.0 Å². The summed E-state index contributed by atoms with van der Waals surface area (Å²) >= 11 is 0. The van der Waals surface area contributed by atoms with Crippen LogP contribution < -0.4 is 10.6 Å². The first-order valence-electron chi connectivity index (χ1n) is 13.2. The van der Waals surface area contributed by atoms with Crippen molar-refractivity contribution >= 4 is 11.8 Å². The van der Waals surface area contributed by atoms with Crippen LogP contribution in [0.2, 0.25) is 0 Å². The van der Waals surface area contributed by atoms with Gasteiger partial charge in [0.1, 0.15) is 5.75 Å². The molecule has 190 valence electrons. The van der Waals surface area contributed by atoms with Crippen LogP contribution in [0.4, 0.5) is 0 Å². The van der Waals surface area contributed by atoms with Crippen LogP contribution in [-0.4, -0.2) is 16.9 Å². The highest BCUT2D eigenvalue weighted by Gasteiger charge is 2.06. The molecular weight excluding hydrogens is 424 g/mol. The van der Waals surface area contributed by atoms with Gasteiger partial charge in [-0.05, 0) is 55.9 Å². The summed E-state index contributed by atoms with van der Waals surface area (Å²) in [6.45, 7) is 6.29. The van der Waals surface area contributed by atoms with Crippen LogP contribution in [0.25, 0.3) is 0 Å². The number of unbranched alkanes of at least 4 members (excludes halogenated alkanes) is 11. The van der Waals surface area contributed by atoms with Gasteiger partial charge < -0.3 is 15.7 Å². The van der Waals surface area contributed by atoms with E-state index < -0.39 is 0 Å². The molecule has 0 spiro atoms. The molecule has 0 aliphatic carbocycles. The summed E-state index contributed by atoms with van der Waals surface area (Å²) in [5.41, 5.74) is 1.50. The number of carbonyl (C=O) groups excluding carboxylic acids is 2. The lowest BCUT2D eigenvalue weighted by molar-refractivity contribution is -0.121. The molecule has 0 aliphatic rings. The topological polar surface area (TPSA) is 78.4 Å². The van der Waals surface area contributed by atoms with Crippen molar-refractivity contribution in [2.45, 2.75) is 110 Å². The first kappa shape index (κ1) is 29.5. The van der Waals surface area contributed by atoms with E-state index in [9.17, 15) is 14.7 Å². The zero-order valence-corrected chi connectivity index (χ0v) is 21.2. The average molecular weight is 471 g/mol. The van der Waals surface area contributed by atoms with E-state index >= 15 is 0 Å². The molecule has 0 bridgehead atoms. The number of phenols is 1. The Labute approximate surface area is 207 Å². The van der Waals surface area contributed by atoms with Gasteiger partial charge in [0, 0.05) is 25.1 Å². The van der Waals surface area contributed by atoms with Crippen molar-refractivity contribution in [2.75, 3.05) is 0 Å². The first-order chi connectivity index (χ1) is 16.6. The summed E-state index contributed by atoms with van der Waals surface area (Å²) < 4.78 is 0. The van der Waals surface area contributed by atoms with E-state index in [1.54, 1.807) is 18.2 Å². The van der Waals surface area contributed by atoms with Gasteiger partial charge in [-0.25, -0.2) is 0 Å². The SMILES string of the molecule is C=CC(=O)NCc1cc(CNC(=O)CCCCCCC/C=C\CCCCCCCC)ccc1O. The maximum atomic E-state index is 12.1. The van der Waals surface area contributed by atoms with Gasteiger partial charge in [-0.2, -0.15) is 0 Å². The second kappa shape index (κ2) is 19.9. The number of allylic oxidation sites excluding steroid dienone is 2. The number of hydrogen-bond donors (Lipinski definition) is 3. The Morgan fingerprint density at radius 3 is 2.12 bits per heavy atom. The van der Waals surface area contributed by atoms with E-state index in [4.69, 9.17) is 0 Å². The second-order valence-electron chi connectivity index (χ2n) is 9.00. The number of aromatic hydroxyl groups is 1. The van der Waals surface area contributed by atoms with E-state index in [-0.39, 0.29) is 24.1 Å². The average Bonchev–Trinajstić information content (AvgIpc) is 2.84. The van der Waals surface area contributed by atoms with Crippen LogP contribution in [-0.2, 0) is 22.7 Å². The van der Waals surface area contributed by atoms with Gasteiger partial charge in [0.15, 0.2) is 0 Å². The first-order valence-corrected chi connectivity index (χ1v) is 13.2. The fourth-order valence-electron chi connectivity index (χ4n) is 3.79. The molecule has 0 atom stereocenters. The van der Waals surface area contributed by atoms with Crippen LogP contribution in [0.3, 0.4) is 0 Å².